The third-order valence-electron chi connectivity index (χ3n) is 3.46. The molecule has 4 nitrogen and oxygen atoms in total. The number of nitriles is 1. The van der Waals surface area contributed by atoms with Gasteiger partial charge in [0, 0.05) is 19.8 Å². The van der Waals surface area contributed by atoms with Gasteiger partial charge < -0.3 is 10.1 Å². The first-order chi connectivity index (χ1) is 8.75. The van der Waals surface area contributed by atoms with Gasteiger partial charge in [-0.3, -0.25) is 4.79 Å². The molecule has 1 amide bonds. The molecule has 0 atom stereocenters. The van der Waals surface area contributed by atoms with E-state index in [1.54, 1.807) is 0 Å². The maximum Gasteiger partial charge on any atom is 0.240 e. The molecule has 0 aromatic carbocycles. The second kappa shape index (κ2) is 8.10. The number of carbonyl (C=O) groups excluding carboxylic acids is 1. The summed E-state index contributed by atoms with van der Waals surface area (Å²) >= 11 is 0. The van der Waals surface area contributed by atoms with E-state index in [1.165, 1.54) is 0 Å². The average Bonchev–Trinajstić information content (AvgIpc) is 2.43. The molecule has 1 rings (SSSR count). The van der Waals surface area contributed by atoms with Gasteiger partial charge in [0.25, 0.3) is 0 Å². The van der Waals surface area contributed by atoms with Gasteiger partial charge in [0.15, 0.2) is 0 Å². The maximum atomic E-state index is 12.1. The largest absolute Gasteiger partial charge is 0.381 e. The summed E-state index contributed by atoms with van der Waals surface area (Å²) in [4.78, 5) is 12.1. The summed E-state index contributed by atoms with van der Waals surface area (Å²) in [5.41, 5.74) is -0.761. The minimum absolute atomic E-state index is 0.0832. The lowest BCUT2D eigenvalue weighted by atomic mass is 9.74. The second-order valence-electron chi connectivity index (χ2n) is 4.98. The van der Waals surface area contributed by atoms with E-state index in [0.717, 1.165) is 38.7 Å². The van der Waals surface area contributed by atoms with Gasteiger partial charge >= 0.3 is 0 Å². The Balaban J connectivity index is 2.24. The fourth-order valence-electron chi connectivity index (χ4n) is 2.34. The van der Waals surface area contributed by atoms with E-state index in [9.17, 15) is 10.1 Å². The molecule has 0 aromatic rings. The Hall–Kier alpha value is -1.08. The van der Waals surface area contributed by atoms with Crippen LogP contribution in [0.3, 0.4) is 0 Å². The number of amides is 1. The lowest BCUT2D eigenvalue weighted by Gasteiger charge is -2.29. The van der Waals surface area contributed by atoms with E-state index >= 15 is 0 Å². The fourth-order valence-corrected chi connectivity index (χ4v) is 2.34. The van der Waals surface area contributed by atoms with Gasteiger partial charge in [-0.05, 0) is 25.7 Å². The van der Waals surface area contributed by atoms with Gasteiger partial charge in [-0.1, -0.05) is 26.2 Å². The van der Waals surface area contributed by atoms with Crippen LogP contribution in [0.2, 0.25) is 0 Å². The van der Waals surface area contributed by atoms with E-state index in [4.69, 9.17) is 4.74 Å². The molecule has 1 fully saturated rings. The lowest BCUT2D eigenvalue weighted by molar-refractivity contribution is -0.129. The Morgan fingerprint density at radius 2 is 2.06 bits per heavy atom. The highest BCUT2D eigenvalue weighted by Crippen LogP contribution is 2.35. The van der Waals surface area contributed by atoms with Crippen molar-refractivity contribution in [1.29, 1.82) is 5.26 Å². The Labute approximate surface area is 110 Å². The van der Waals surface area contributed by atoms with Crippen LogP contribution in [0.4, 0.5) is 0 Å². The van der Waals surface area contributed by atoms with E-state index in [2.05, 4.69) is 18.3 Å². The van der Waals surface area contributed by atoms with Crippen LogP contribution < -0.4 is 5.32 Å². The number of carbonyl (C=O) groups is 1. The zero-order valence-corrected chi connectivity index (χ0v) is 11.3. The molecule has 0 saturated heterocycles. The highest BCUT2D eigenvalue weighted by molar-refractivity contribution is 5.85. The summed E-state index contributed by atoms with van der Waals surface area (Å²) in [6.45, 7) is 4.12. The molecule has 0 spiro atoms. The normalized spacial score (nSPS) is 18.0. The minimum atomic E-state index is -0.761. The van der Waals surface area contributed by atoms with Crippen molar-refractivity contribution in [2.75, 3.05) is 19.8 Å². The Morgan fingerprint density at radius 1 is 1.33 bits per heavy atom. The van der Waals surface area contributed by atoms with Crippen LogP contribution in [0, 0.1) is 16.7 Å². The number of hydrogen-bond donors (Lipinski definition) is 1. The molecule has 0 aromatic heterocycles. The topological polar surface area (TPSA) is 62.1 Å². The quantitative estimate of drug-likeness (QED) is 0.708. The first-order valence-electron chi connectivity index (χ1n) is 7.02. The zero-order valence-electron chi connectivity index (χ0n) is 11.3. The van der Waals surface area contributed by atoms with Crippen LogP contribution in [0.25, 0.3) is 0 Å². The number of nitrogens with zero attached hydrogens (tertiary/aromatic N) is 1. The lowest BCUT2D eigenvalue weighted by Crippen LogP contribution is -2.42. The van der Waals surface area contributed by atoms with Crippen molar-refractivity contribution in [2.45, 2.75) is 51.9 Å². The number of ether oxygens (including phenoxy) is 1. The van der Waals surface area contributed by atoms with Gasteiger partial charge in [-0.2, -0.15) is 5.26 Å². The molecule has 1 N–H and O–H groups in total. The van der Waals surface area contributed by atoms with Gasteiger partial charge in [-0.15, -0.1) is 0 Å². The monoisotopic (exact) mass is 252 g/mol. The summed E-state index contributed by atoms with van der Waals surface area (Å²) in [7, 11) is 0. The molecule has 1 aliphatic rings. The van der Waals surface area contributed by atoms with Crippen molar-refractivity contribution in [2.24, 2.45) is 5.41 Å². The molecule has 0 unspecified atom stereocenters. The smallest absolute Gasteiger partial charge is 0.240 e. The third-order valence-corrected chi connectivity index (χ3v) is 3.46. The maximum absolute atomic E-state index is 12.1. The molecule has 1 saturated carbocycles. The van der Waals surface area contributed by atoms with E-state index in [0.29, 0.717) is 26.0 Å². The Morgan fingerprint density at radius 3 is 2.67 bits per heavy atom. The number of rotatable bonds is 7. The predicted octanol–water partition coefficient (Wildman–Crippen LogP) is 2.39. The average molecular weight is 252 g/mol. The molecule has 1 aliphatic carbocycles. The van der Waals surface area contributed by atoms with E-state index in [1.807, 2.05) is 0 Å². The molecule has 0 bridgehead atoms. The van der Waals surface area contributed by atoms with Gasteiger partial charge in [0.2, 0.25) is 5.91 Å². The Bertz CT molecular complexity index is 291. The van der Waals surface area contributed by atoms with Gasteiger partial charge in [0.1, 0.15) is 5.41 Å². The van der Waals surface area contributed by atoms with Crippen LogP contribution in [0.5, 0.6) is 0 Å². The summed E-state index contributed by atoms with van der Waals surface area (Å²) in [6.07, 6.45) is 6.36. The van der Waals surface area contributed by atoms with Crippen molar-refractivity contribution in [3.63, 3.8) is 0 Å². The number of nitrogens with one attached hydrogen (secondary N) is 1. The first-order valence-corrected chi connectivity index (χ1v) is 7.02. The van der Waals surface area contributed by atoms with E-state index in [-0.39, 0.29) is 5.91 Å². The number of hydrogen-bond acceptors (Lipinski definition) is 3. The highest BCUT2D eigenvalue weighted by Gasteiger charge is 2.39. The zero-order chi connectivity index (χ0) is 13.3. The van der Waals surface area contributed by atoms with Crippen molar-refractivity contribution in [3.8, 4) is 6.07 Å². The molecular weight excluding hydrogens is 228 g/mol. The van der Waals surface area contributed by atoms with Crippen molar-refractivity contribution >= 4 is 5.91 Å². The summed E-state index contributed by atoms with van der Waals surface area (Å²) < 4.78 is 5.35. The molecule has 102 valence electrons. The van der Waals surface area contributed by atoms with Gasteiger partial charge in [0.05, 0.1) is 6.07 Å². The van der Waals surface area contributed by atoms with Crippen LogP contribution in [-0.4, -0.2) is 25.7 Å². The molecule has 0 aliphatic heterocycles. The molecule has 0 heterocycles. The molecule has 4 heteroatoms. The van der Waals surface area contributed by atoms with Crippen LogP contribution in [0.1, 0.15) is 51.9 Å². The summed E-state index contributed by atoms with van der Waals surface area (Å²) in [5, 5.41) is 12.1. The minimum Gasteiger partial charge on any atom is -0.381 e. The second-order valence-corrected chi connectivity index (χ2v) is 4.98. The summed E-state index contributed by atoms with van der Waals surface area (Å²) in [6, 6.07) is 2.24. The van der Waals surface area contributed by atoms with Crippen molar-refractivity contribution in [3.05, 3.63) is 0 Å². The van der Waals surface area contributed by atoms with Crippen LogP contribution >= 0.6 is 0 Å². The van der Waals surface area contributed by atoms with Crippen LogP contribution in [0.15, 0.2) is 0 Å². The van der Waals surface area contributed by atoms with E-state index < -0.39 is 5.41 Å². The molecule has 18 heavy (non-hydrogen) atoms. The highest BCUT2D eigenvalue weighted by atomic mass is 16.5. The fraction of sp³-hybridized carbons (Fsp3) is 0.857. The van der Waals surface area contributed by atoms with Crippen molar-refractivity contribution in [1.82, 2.24) is 5.32 Å². The first kappa shape index (κ1) is 15.0. The molecular formula is C14H24N2O2. The third kappa shape index (κ3) is 4.30. The SMILES string of the molecule is CCCOCCCNC(=O)C1(C#N)CCCCC1. The van der Waals surface area contributed by atoms with Gasteiger partial charge in [-0.25, -0.2) is 0 Å². The standard InChI is InChI=1S/C14H24N2O2/c1-2-10-18-11-6-9-16-13(17)14(12-15)7-4-3-5-8-14/h2-11H2,1H3,(H,16,17). The molecule has 0 radical (unpaired) electrons. The predicted molar refractivity (Wildman–Crippen MR) is 69.9 cm³/mol. The Kier molecular flexibility index (Phi) is 6.74. The summed E-state index contributed by atoms with van der Waals surface area (Å²) in [5.74, 6) is -0.0832. The van der Waals surface area contributed by atoms with Crippen molar-refractivity contribution < 1.29 is 9.53 Å². The van der Waals surface area contributed by atoms with Crippen LogP contribution in [-0.2, 0) is 9.53 Å².